The zero-order chi connectivity index (χ0) is 10.3. The van der Waals surface area contributed by atoms with E-state index in [9.17, 15) is 4.79 Å². The summed E-state index contributed by atoms with van der Waals surface area (Å²) in [6.45, 7) is 0. The Balaban J connectivity index is 2.62. The molecule has 0 bridgehead atoms. The van der Waals surface area contributed by atoms with Crippen LogP contribution in [0.5, 0.6) is 0 Å². The Morgan fingerprint density at radius 1 is 1.20 bits per heavy atom. The summed E-state index contributed by atoms with van der Waals surface area (Å²) >= 11 is 0. The lowest BCUT2D eigenvalue weighted by Gasteiger charge is -2.01. The van der Waals surface area contributed by atoms with Crippen molar-refractivity contribution in [1.29, 1.82) is 0 Å². The van der Waals surface area contributed by atoms with Crippen molar-refractivity contribution in [3.05, 3.63) is 41.0 Å². The molecule has 0 fully saturated rings. The van der Waals surface area contributed by atoms with E-state index in [2.05, 4.69) is 15.0 Å². The summed E-state index contributed by atoms with van der Waals surface area (Å²) in [7, 11) is 0. The number of rotatable bonds is 0. The van der Waals surface area contributed by atoms with Gasteiger partial charge in [0, 0.05) is 12.4 Å². The van der Waals surface area contributed by atoms with Gasteiger partial charge in [-0.3, -0.25) is 4.79 Å². The summed E-state index contributed by atoms with van der Waals surface area (Å²) in [5, 5.41) is 0. The second-order valence-electron chi connectivity index (χ2n) is 3.00. The van der Waals surface area contributed by atoms with Gasteiger partial charge in [-0.05, 0) is 12.1 Å². The summed E-state index contributed by atoms with van der Waals surface area (Å²) < 4.78 is 5.12. The Hall–Kier alpha value is -2.30. The molecule has 0 saturated carbocycles. The molecule has 15 heavy (non-hydrogen) atoms. The quantitative estimate of drug-likeness (QED) is 0.507. The number of fused-ring (bicyclic) bond motifs is 2. The lowest BCUT2D eigenvalue weighted by Crippen LogP contribution is -2.10. The highest BCUT2D eigenvalue weighted by Gasteiger charge is 2.14. The lowest BCUT2D eigenvalue weighted by molar-refractivity contribution is 0.548. The van der Waals surface area contributed by atoms with Gasteiger partial charge < -0.3 is 4.42 Å². The minimum atomic E-state index is -0.201. The summed E-state index contributed by atoms with van der Waals surface area (Å²) in [4.78, 5) is 23.9. The third-order valence-corrected chi connectivity index (χ3v) is 2.10. The van der Waals surface area contributed by atoms with E-state index in [1.54, 1.807) is 12.1 Å². The van der Waals surface area contributed by atoms with Gasteiger partial charge in [0.2, 0.25) is 11.3 Å². The molecule has 0 radical (unpaired) electrons. The topological polar surface area (TPSA) is 68.9 Å². The second kappa shape index (κ2) is 2.84. The first kappa shape index (κ1) is 8.05. The maximum atomic E-state index is 11.9. The minimum Gasteiger partial charge on any atom is -0.446 e. The Morgan fingerprint density at radius 3 is 3.00 bits per heavy atom. The van der Waals surface area contributed by atoms with E-state index in [1.165, 1.54) is 18.7 Å². The van der Waals surface area contributed by atoms with Crippen molar-refractivity contribution in [1.82, 2.24) is 15.0 Å². The average Bonchev–Trinajstić information content (AvgIpc) is 2.30. The summed E-state index contributed by atoms with van der Waals surface area (Å²) in [6.07, 6.45) is 4.43. The average molecular weight is 199 g/mol. The molecule has 0 spiro atoms. The SMILES string of the molecule is O=c1c2cccoc-2nc2nccnc12. The third-order valence-electron chi connectivity index (χ3n) is 2.10. The standard InChI is InChI=1S/C10H5N3O2/c14-8-6-2-1-5-15-10(6)13-9-7(8)11-3-4-12-9/h1-5H. The first-order valence-corrected chi connectivity index (χ1v) is 4.34. The van der Waals surface area contributed by atoms with E-state index < -0.39 is 0 Å². The van der Waals surface area contributed by atoms with Gasteiger partial charge in [0.15, 0.2) is 11.2 Å². The molecule has 1 aromatic rings. The number of hydrogen-bond donors (Lipinski definition) is 0. The second-order valence-corrected chi connectivity index (χ2v) is 3.00. The van der Waals surface area contributed by atoms with Crippen LogP contribution >= 0.6 is 0 Å². The van der Waals surface area contributed by atoms with E-state index in [1.807, 2.05) is 0 Å². The van der Waals surface area contributed by atoms with E-state index in [0.29, 0.717) is 11.2 Å². The van der Waals surface area contributed by atoms with Gasteiger partial charge in [0.25, 0.3) is 0 Å². The molecule has 72 valence electrons. The van der Waals surface area contributed by atoms with Crippen LogP contribution in [-0.4, -0.2) is 15.0 Å². The van der Waals surface area contributed by atoms with Gasteiger partial charge >= 0.3 is 0 Å². The predicted octanol–water partition coefficient (Wildman–Crippen LogP) is 1.08. The zero-order valence-corrected chi connectivity index (χ0v) is 7.54. The number of pyridine rings is 1. The van der Waals surface area contributed by atoms with Gasteiger partial charge in [-0.2, -0.15) is 4.98 Å². The van der Waals surface area contributed by atoms with Crippen molar-refractivity contribution < 1.29 is 4.42 Å². The highest BCUT2D eigenvalue weighted by atomic mass is 16.3. The van der Waals surface area contributed by atoms with E-state index in [0.717, 1.165) is 0 Å². The smallest absolute Gasteiger partial charge is 0.231 e. The molecule has 2 aliphatic rings. The molecule has 1 aromatic heterocycles. The number of nitrogens with zero attached hydrogens (tertiary/aromatic N) is 3. The monoisotopic (exact) mass is 199 g/mol. The molecular weight excluding hydrogens is 194 g/mol. The molecule has 0 aliphatic carbocycles. The Kier molecular flexibility index (Phi) is 1.53. The third kappa shape index (κ3) is 1.10. The highest BCUT2D eigenvalue weighted by Crippen LogP contribution is 2.16. The number of aromatic nitrogens is 3. The van der Waals surface area contributed by atoms with Crippen LogP contribution in [0.4, 0.5) is 0 Å². The van der Waals surface area contributed by atoms with Crippen molar-refractivity contribution in [2.75, 3.05) is 0 Å². The van der Waals surface area contributed by atoms with Gasteiger partial charge in [-0.1, -0.05) is 0 Å². The first-order valence-electron chi connectivity index (χ1n) is 4.34. The van der Waals surface area contributed by atoms with E-state index in [4.69, 9.17) is 4.42 Å². The van der Waals surface area contributed by atoms with Crippen molar-refractivity contribution in [2.24, 2.45) is 0 Å². The highest BCUT2D eigenvalue weighted by molar-refractivity contribution is 5.76. The Bertz CT molecular complexity index is 661. The molecule has 0 atom stereocenters. The molecule has 3 rings (SSSR count). The molecular formula is C10H5N3O2. The van der Waals surface area contributed by atoms with Crippen molar-refractivity contribution in [3.8, 4) is 11.5 Å². The van der Waals surface area contributed by atoms with Gasteiger partial charge in [-0.15, -0.1) is 0 Å². The molecule has 2 aliphatic heterocycles. The molecule has 0 saturated heterocycles. The summed E-state index contributed by atoms with van der Waals surface area (Å²) in [5.74, 6) is 0.288. The fraction of sp³-hybridized carbons (Fsp3) is 0. The van der Waals surface area contributed by atoms with E-state index in [-0.39, 0.29) is 16.8 Å². The molecule has 5 nitrogen and oxygen atoms in total. The van der Waals surface area contributed by atoms with Crippen molar-refractivity contribution >= 4 is 11.2 Å². The molecule has 0 aromatic carbocycles. The summed E-state index contributed by atoms with van der Waals surface area (Å²) in [5.41, 5.74) is 0.800. The Morgan fingerprint density at radius 2 is 2.07 bits per heavy atom. The van der Waals surface area contributed by atoms with Crippen LogP contribution in [0.1, 0.15) is 0 Å². The Labute approximate surface area is 83.8 Å². The zero-order valence-electron chi connectivity index (χ0n) is 7.54. The molecule has 0 amide bonds. The van der Waals surface area contributed by atoms with Crippen LogP contribution in [0.15, 0.2) is 40.0 Å². The minimum absolute atomic E-state index is 0.201. The van der Waals surface area contributed by atoms with Crippen LogP contribution in [0.3, 0.4) is 0 Å². The van der Waals surface area contributed by atoms with Crippen molar-refractivity contribution in [2.45, 2.75) is 0 Å². The lowest BCUT2D eigenvalue weighted by atomic mass is 10.2. The fourth-order valence-corrected chi connectivity index (χ4v) is 1.43. The van der Waals surface area contributed by atoms with Crippen LogP contribution in [0.25, 0.3) is 22.6 Å². The largest absolute Gasteiger partial charge is 0.446 e. The molecule has 0 N–H and O–H groups in total. The van der Waals surface area contributed by atoms with Gasteiger partial charge in [0.05, 0.1) is 11.8 Å². The first-order chi connectivity index (χ1) is 7.36. The fourth-order valence-electron chi connectivity index (χ4n) is 1.43. The number of hydrogen-bond acceptors (Lipinski definition) is 5. The summed E-state index contributed by atoms with van der Waals surface area (Å²) in [6, 6.07) is 3.30. The predicted molar refractivity (Wildman–Crippen MR) is 52.5 cm³/mol. The molecule has 0 unspecified atom stereocenters. The van der Waals surface area contributed by atoms with Crippen LogP contribution in [0, 0.1) is 0 Å². The maximum absolute atomic E-state index is 11.9. The van der Waals surface area contributed by atoms with E-state index >= 15 is 0 Å². The van der Waals surface area contributed by atoms with Crippen LogP contribution < -0.4 is 5.43 Å². The normalized spacial score (nSPS) is 10.9. The maximum Gasteiger partial charge on any atom is 0.231 e. The van der Waals surface area contributed by atoms with Crippen LogP contribution in [-0.2, 0) is 0 Å². The van der Waals surface area contributed by atoms with Gasteiger partial charge in [0.1, 0.15) is 0 Å². The van der Waals surface area contributed by atoms with Crippen molar-refractivity contribution in [3.63, 3.8) is 0 Å². The molecule has 3 heterocycles. The molecule has 5 heteroatoms. The van der Waals surface area contributed by atoms with Crippen LogP contribution in [0.2, 0.25) is 0 Å². The van der Waals surface area contributed by atoms with Gasteiger partial charge in [-0.25, -0.2) is 9.97 Å².